The number of nitrogens with zero attached hydrogens (tertiary/aromatic N) is 1. The van der Waals surface area contributed by atoms with Crippen molar-refractivity contribution in [3.63, 3.8) is 0 Å². The van der Waals surface area contributed by atoms with Crippen LogP contribution < -0.4 is 5.73 Å². The summed E-state index contributed by atoms with van der Waals surface area (Å²) >= 11 is 0. The molecule has 0 bridgehead atoms. The Morgan fingerprint density at radius 1 is 1.55 bits per heavy atom. The summed E-state index contributed by atoms with van der Waals surface area (Å²) in [6, 6.07) is 6.18. The molecule has 0 aromatic heterocycles. The molecule has 0 spiro atoms. The fourth-order valence-corrected chi connectivity index (χ4v) is 0.792. The van der Waals surface area contributed by atoms with E-state index in [9.17, 15) is 4.39 Å². The standard InChI is InChI=1S/C8H7FN2/c9-8-5-7(11)2-1-6(8)3-4-10/h1-2,5H,3,11H2. The maximum absolute atomic E-state index is 12.8. The van der Waals surface area contributed by atoms with Crippen LogP contribution >= 0.6 is 0 Å². The second kappa shape index (κ2) is 3.02. The van der Waals surface area contributed by atoms with Gasteiger partial charge in [0, 0.05) is 11.3 Å². The van der Waals surface area contributed by atoms with Gasteiger partial charge in [-0.25, -0.2) is 4.39 Å². The minimum absolute atomic E-state index is 0.0894. The minimum Gasteiger partial charge on any atom is -0.399 e. The molecule has 2 nitrogen and oxygen atoms in total. The maximum Gasteiger partial charge on any atom is 0.129 e. The van der Waals surface area contributed by atoms with E-state index in [4.69, 9.17) is 11.0 Å². The van der Waals surface area contributed by atoms with Gasteiger partial charge >= 0.3 is 0 Å². The Labute approximate surface area is 64.1 Å². The molecule has 0 saturated heterocycles. The Morgan fingerprint density at radius 3 is 2.82 bits per heavy atom. The third kappa shape index (κ3) is 1.68. The van der Waals surface area contributed by atoms with Crippen molar-refractivity contribution in [1.82, 2.24) is 0 Å². The van der Waals surface area contributed by atoms with Crippen molar-refractivity contribution < 1.29 is 4.39 Å². The van der Waals surface area contributed by atoms with Crippen LogP contribution in [0, 0.1) is 17.1 Å². The van der Waals surface area contributed by atoms with Crippen molar-refractivity contribution in [2.45, 2.75) is 6.42 Å². The number of halogens is 1. The topological polar surface area (TPSA) is 49.8 Å². The number of hydrogen-bond acceptors (Lipinski definition) is 2. The molecule has 56 valence electrons. The van der Waals surface area contributed by atoms with Gasteiger partial charge in [0.05, 0.1) is 12.5 Å². The Bertz CT molecular complexity index is 301. The molecular formula is C8H7FN2. The normalized spacial score (nSPS) is 9.09. The van der Waals surface area contributed by atoms with Gasteiger partial charge in [0.15, 0.2) is 0 Å². The van der Waals surface area contributed by atoms with Crippen molar-refractivity contribution in [2.75, 3.05) is 5.73 Å². The third-order valence-electron chi connectivity index (χ3n) is 1.35. The number of nitrogens with two attached hydrogens (primary N) is 1. The van der Waals surface area contributed by atoms with Crippen LogP contribution in [0.3, 0.4) is 0 Å². The van der Waals surface area contributed by atoms with E-state index < -0.39 is 5.82 Å². The number of rotatable bonds is 1. The van der Waals surface area contributed by atoms with Gasteiger partial charge in [0.2, 0.25) is 0 Å². The van der Waals surface area contributed by atoms with Crippen LogP contribution in [0.2, 0.25) is 0 Å². The highest BCUT2D eigenvalue weighted by molar-refractivity contribution is 5.40. The van der Waals surface area contributed by atoms with E-state index in [2.05, 4.69) is 0 Å². The summed E-state index contributed by atoms with van der Waals surface area (Å²) in [5.74, 6) is -0.411. The van der Waals surface area contributed by atoms with Crippen molar-refractivity contribution in [3.8, 4) is 6.07 Å². The van der Waals surface area contributed by atoms with Crippen LogP contribution in [0.15, 0.2) is 18.2 Å². The lowest BCUT2D eigenvalue weighted by Crippen LogP contribution is -1.91. The van der Waals surface area contributed by atoms with Gasteiger partial charge < -0.3 is 5.73 Å². The molecule has 0 amide bonds. The molecule has 0 saturated carbocycles. The summed E-state index contributed by atoms with van der Waals surface area (Å²) in [4.78, 5) is 0. The Balaban J connectivity index is 3.01. The van der Waals surface area contributed by atoms with Crippen LogP contribution in [0.4, 0.5) is 10.1 Å². The zero-order valence-electron chi connectivity index (χ0n) is 5.84. The molecule has 0 atom stereocenters. The first-order chi connectivity index (χ1) is 5.24. The molecule has 0 aliphatic heterocycles. The molecule has 1 rings (SSSR count). The van der Waals surface area contributed by atoms with Gasteiger partial charge in [-0.2, -0.15) is 5.26 Å². The Hall–Kier alpha value is -1.56. The molecular weight excluding hydrogens is 143 g/mol. The first-order valence-electron chi connectivity index (χ1n) is 3.15. The fraction of sp³-hybridized carbons (Fsp3) is 0.125. The van der Waals surface area contributed by atoms with Crippen LogP contribution in [-0.2, 0) is 6.42 Å². The smallest absolute Gasteiger partial charge is 0.129 e. The first-order valence-corrected chi connectivity index (χ1v) is 3.15. The van der Waals surface area contributed by atoms with E-state index in [-0.39, 0.29) is 6.42 Å². The van der Waals surface area contributed by atoms with Gasteiger partial charge in [0.1, 0.15) is 5.82 Å². The lowest BCUT2D eigenvalue weighted by Gasteiger charge is -1.97. The highest BCUT2D eigenvalue weighted by atomic mass is 19.1. The first kappa shape index (κ1) is 7.55. The van der Waals surface area contributed by atoms with Gasteiger partial charge in [-0.15, -0.1) is 0 Å². The number of nitriles is 1. The van der Waals surface area contributed by atoms with E-state index in [1.54, 1.807) is 6.07 Å². The molecule has 0 aliphatic carbocycles. The van der Waals surface area contributed by atoms with Gasteiger partial charge in [-0.3, -0.25) is 0 Å². The maximum atomic E-state index is 12.8. The molecule has 0 radical (unpaired) electrons. The predicted molar refractivity (Wildman–Crippen MR) is 40.1 cm³/mol. The zero-order chi connectivity index (χ0) is 8.27. The molecule has 0 aliphatic rings. The molecule has 2 N–H and O–H groups in total. The molecule has 3 heteroatoms. The van der Waals surface area contributed by atoms with Gasteiger partial charge in [-0.1, -0.05) is 6.07 Å². The average Bonchev–Trinajstić information content (AvgIpc) is 1.95. The van der Waals surface area contributed by atoms with E-state index in [1.807, 2.05) is 6.07 Å². The second-order valence-electron chi connectivity index (χ2n) is 2.19. The molecule has 1 aromatic rings. The van der Waals surface area contributed by atoms with E-state index >= 15 is 0 Å². The van der Waals surface area contributed by atoms with Gasteiger partial charge in [-0.05, 0) is 12.1 Å². The minimum atomic E-state index is -0.411. The second-order valence-corrected chi connectivity index (χ2v) is 2.19. The van der Waals surface area contributed by atoms with Crippen LogP contribution in [0.5, 0.6) is 0 Å². The van der Waals surface area contributed by atoms with Crippen LogP contribution in [-0.4, -0.2) is 0 Å². The molecule has 0 fully saturated rings. The van der Waals surface area contributed by atoms with Crippen molar-refractivity contribution in [3.05, 3.63) is 29.6 Å². The molecule has 11 heavy (non-hydrogen) atoms. The van der Waals surface area contributed by atoms with Crippen LogP contribution in [0.1, 0.15) is 5.56 Å². The van der Waals surface area contributed by atoms with Crippen molar-refractivity contribution in [2.24, 2.45) is 0 Å². The number of benzene rings is 1. The largest absolute Gasteiger partial charge is 0.399 e. The quantitative estimate of drug-likeness (QED) is 0.616. The Kier molecular flexibility index (Phi) is 2.07. The average molecular weight is 150 g/mol. The van der Waals surface area contributed by atoms with E-state index in [0.29, 0.717) is 11.3 Å². The van der Waals surface area contributed by atoms with Crippen molar-refractivity contribution >= 4 is 5.69 Å². The number of nitrogen functional groups attached to an aromatic ring is 1. The van der Waals surface area contributed by atoms with E-state index in [1.165, 1.54) is 12.1 Å². The summed E-state index contributed by atoms with van der Waals surface area (Å²) in [7, 11) is 0. The molecule has 0 heterocycles. The highest BCUT2D eigenvalue weighted by Crippen LogP contribution is 2.11. The predicted octanol–water partition coefficient (Wildman–Crippen LogP) is 1.47. The van der Waals surface area contributed by atoms with E-state index in [0.717, 1.165) is 0 Å². The fourth-order valence-electron chi connectivity index (χ4n) is 0.792. The lowest BCUT2D eigenvalue weighted by atomic mass is 10.1. The molecule has 0 unspecified atom stereocenters. The molecule has 1 aromatic carbocycles. The third-order valence-corrected chi connectivity index (χ3v) is 1.35. The zero-order valence-corrected chi connectivity index (χ0v) is 5.84. The number of hydrogen-bond donors (Lipinski definition) is 1. The summed E-state index contributed by atoms with van der Waals surface area (Å²) in [5, 5.41) is 8.27. The summed E-state index contributed by atoms with van der Waals surface area (Å²) in [5.41, 5.74) is 6.07. The Morgan fingerprint density at radius 2 is 2.27 bits per heavy atom. The van der Waals surface area contributed by atoms with Gasteiger partial charge in [0.25, 0.3) is 0 Å². The summed E-state index contributed by atoms with van der Waals surface area (Å²) < 4.78 is 12.8. The van der Waals surface area contributed by atoms with Crippen LogP contribution in [0.25, 0.3) is 0 Å². The summed E-state index contributed by atoms with van der Waals surface area (Å²) in [6.45, 7) is 0. The van der Waals surface area contributed by atoms with Crippen molar-refractivity contribution in [1.29, 1.82) is 5.26 Å². The SMILES string of the molecule is N#CCc1ccc(N)cc1F. The lowest BCUT2D eigenvalue weighted by molar-refractivity contribution is 0.616. The number of anilines is 1. The highest BCUT2D eigenvalue weighted by Gasteiger charge is 2.00. The monoisotopic (exact) mass is 150 g/mol. The summed E-state index contributed by atoms with van der Waals surface area (Å²) in [6.07, 6.45) is 0.0894.